The third-order valence-corrected chi connectivity index (χ3v) is 5.40. The lowest BCUT2D eigenvalue weighted by Gasteiger charge is -2.20. The fraction of sp³-hybridized carbons (Fsp3) is 0.500. The molecular weight excluding hydrogens is 418 g/mol. The van der Waals surface area contributed by atoms with E-state index in [9.17, 15) is 4.79 Å². The second kappa shape index (κ2) is 11.7. The molecule has 7 nitrogen and oxygen atoms in total. The van der Waals surface area contributed by atoms with Crippen LogP contribution in [0.2, 0.25) is 0 Å². The van der Waals surface area contributed by atoms with Crippen molar-refractivity contribution in [1.82, 2.24) is 9.78 Å². The van der Waals surface area contributed by atoms with Crippen LogP contribution in [0.5, 0.6) is 0 Å². The Kier molecular flexibility index (Phi) is 9.26. The molecule has 0 fully saturated rings. The summed E-state index contributed by atoms with van der Waals surface area (Å²) in [6.07, 6.45) is 2.73. The zero-order valence-corrected chi connectivity index (χ0v) is 21.2. The summed E-state index contributed by atoms with van der Waals surface area (Å²) in [4.78, 5) is 16.2. The molecule has 0 aliphatic rings. The first kappa shape index (κ1) is 26.2. The quantitative estimate of drug-likeness (QED) is 0.156. The van der Waals surface area contributed by atoms with Gasteiger partial charge in [0.1, 0.15) is 5.69 Å². The number of carbonyl (C=O) groups is 1. The largest absolute Gasteiger partial charge is 0.511 e. The van der Waals surface area contributed by atoms with Gasteiger partial charge in [-0.05, 0) is 36.8 Å². The van der Waals surface area contributed by atoms with Crippen molar-refractivity contribution < 1.29 is 19.0 Å². The van der Waals surface area contributed by atoms with E-state index in [0.29, 0.717) is 12.4 Å². The van der Waals surface area contributed by atoms with Crippen LogP contribution in [0.15, 0.2) is 29.3 Å². The highest BCUT2D eigenvalue weighted by Gasteiger charge is 2.21. The van der Waals surface area contributed by atoms with E-state index in [2.05, 4.69) is 55.1 Å². The van der Waals surface area contributed by atoms with Crippen LogP contribution in [-0.4, -0.2) is 42.6 Å². The summed E-state index contributed by atoms with van der Waals surface area (Å²) in [6, 6.07) is 8.33. The number of ether oxygens (including phenoxy) is 3. The molecule has 0 saturated heterocycles. The fourth-order valence-electron chi connectivity index (χ4n) is 3.38. The highest BCUT2D eigenvalue weighted by atomic mass is 16.8. The van der Waals surface area contributed by atoms with E-state index < -0.39 is 6.16 Å². The molecule has 0 amide bonds. The molecule has 0 bridgehead atoms. The molecule has 1 heterocycles. The zero-order chi connectivity index (χ0) is 24.6. The lowest BCUT2D eigenvalue weighted by atomic mass is 9.86. The van der Waals surface area contributed by atoms with Crippen molar-refractivity contribution in [1.29, 1.82) is 0 Å². The van der Waals surface area contributed by atoms with Gasteiger partial charge in [0.05, 0.1) is 12.3 Å². The smallest absolute Gasteiger partial charge is 0.454 e. The lowest BCUT2D eigenvalue weighted by Crippen LogP contribution is -2.13. The minimum Gasteiger partial charge on any atom is -0.454 e. The molecule has 0 radical (unpaired) electrons. The topological polar surface area (TPSA) is 74.9 Å². The molecule has 33 heavy (non-hydrogen) atoms. The van der Waals surface area contributed by atoms with Gasteiger partial charge in [-0.3, -0.25) is 9.67 Å². The summed E-state index contributed by atoms with van der Waals surface area (Å²) in [5.74, 6) is 0.533. The van der Waals surface area contributed by atoms with E-state index in [4.69, 9.17) is 14.2 Å². The van der Waals surface area contributed by atoms with Gasteiger partial charge in [-0.1, -0.05) is 58.4 Å². The Morgan fingerprint density at radius 1 is 1.12 bits per heavy atom. The molecule has 0 aliphatic carbocycles. The molecule has 180 valence electrons. The normalized spacial score (nSPS) is 12.6. The van der Waals surface area contributed by atoms with Crippen molar-refractivity contribution in [3.8, 4) is 0 Å². The van der Waals surface area contributed by atoms with Crippen LogP contribution in [-0.2, 0) is 26.7 Å². The number of carbonyl (C=O) groups excluding carboxylic acids is 1. The van der Waals surface area contributed by atoms with E-state index in [1.165, 1.54) is 5.56 Å². The van der Waals surface area contributed by atoms with E-state index in [1.54, 1.807) is 17.9 Å². The fourth-order valence-corrected chi connectivity index (χ4v) is 3.38. The Labute approximate surface area is 197 Å². The summed E-state index contributed by atoms with van der Waals surface area (Å²) in [5, 5.41) is 4.53. The Bertz CT molecular complexity index is 996. The number of nitrogens with zero attached hydrogens (tertiary/aromatic N) is 3. The predicted molar refractivity (Wildman–Crippen MR) is 132 cm³/mol. The van der Waals surface area contributed by atoms with Crippen molar-refractivity contribution in [3.05, 3.63) is 52.3 Å². The maximum Gasteiger partial charge on any atom is 0.511 e. The Morgan fingerprint density at radius 2 is 1.79 bits per heavy atom. The molecule has 0 aliphatic heterocycles. The second-order valence-corrected chi connectivity index (χ2v) is 9.00. The molecule has 7 heteroatoms. The molecule has 1 aromatic heterocycles. The number of rotatable bonds is 9. The van der Waals surface area contributed by atoms with Crippen LogP contribution in [0.3, 0.4) is 0 Å². The standard InChI is InChI=1S/C26H37N3O4/c1-9-10-15-31-25(30)33-17-32-24(23-18(2)19(3)28-29(23)8)22(16-27-7)20-11-13-21(14-12-20)26(4,5)6/h11-14,16H,9-10,15,17H2,1-8H3/b24-22-,27-16?. The molecule has 0 saturated carbocycles. The molecule has 2 aromatic rings. The molecular formula is C26H37N3O4. The average Bonchev–Trinajstić information content (AvgIpc) is 3.01. The third-order valence-electron chi connectivity index (χ3n) is 5.40. The van der Waals surface area contributed by atoms with Crippen molar-refractivity contribution in [2.75, 3.05) is 20.4 Å². The van der Waals surface area contributed by atoms with Crippen LogP contribution in [0.1, 0.15) is 68.6 Å². The molecule has 0 atom stereocenters. The number of aryl methyl sites for hydroxylation is 2. The van der Waals surface area contributed by atoms with Crippen molar-refractivity contribution in [2.24, 2.45) is 12.0 Å². The van der Waals surface area contributed by atoms with Gasteiger partial charge in [0.25, 0.3) is 0 Å². The molecule has 1 aromatic carbocycles. The number of aromatic nitrogens is 2. The van der Waals surface area contributed by atoms with Gasteiger partial charge < -0.3 is 14.2 Å². The van der Waals surface area contributed by atoms with Gasteiger partial charge in [-0.2, -0.15) is 5.10 Å². The Balaban J connectivity index is 2.47. The maximum atomic E-state index is 11.9. The average molecular weight is 456 g/mol. The van der Waals surface area contributed by atoms with Gasteiger partial charge in [0, 0.05) is 31.4 Å². The summed E-state index contributed by atoms with van der Waals surface area (Å²) >= 11 is 0. The highest BCUT2D eigenvalue weighted by Crippen LogP contribution is 2.31. The van der Waals surface area contributed by atoms with E-state index in [0.717, 1.165) is 40.9 Å². The van der Waals surface area contributed by atoms with Crippen molar-refractivity contribution >= 4 is 23.7 Å². The number of allylic oxidation sites excluding steroid dienone is 1. The van der Waals surface area contributed by atoms with Crippen LogP contribution in [0.25, 0.3) is 11.3 Å². The highest BCUT2D eigenvalue weighted by molar-refractivity contribution is 6.18. The number of aliphatic imine (C=N–C) groups is 1. The van der Waals surface area contributed by atoms with Crippen LogP contribution in [0, 0.1) is 13.8 Å². The second-order valence-electron chi connectivity index (χ2n) is 9.00. The number of unbranched alkanes of at least 4 members (excludes halogenated alkanes) is 1. The van der Waals surface area contributed by atoms with Gasteiger partial charge in [0.15, 0.2) is 5.76 Å². The first-order valence-corrected chi connectivity index (χ1v) is 11.3. The third kappa shape index (κ3) is 6.94. The number of benzene rings is 1. The van der Waals surface area contributed by atoms with E-state index in [1.807, 2.05) is 27.8 Å². The zero-order valence-electron chi connectivity index (χ0n) is 21.2. The minimum absolute atomic E-state index is 0.0439. The minimum atomic E-state index is -0.749. The van der Waals surface area contributed by atoms with Crippen LogP contribution in [0.4, 0.5) is 4.79 Å². The van der Waals surface area contributed by atoms with Crippen LogP contribution >= 0.6 is 0 Å². The van der Waals surface area contributed by atoms with Gasteiger partial charge >= 0.3 is 6.16 Å². The molecule has 0 spiro atoms. The van der Waals surface area contributed by atoms with Gasteiger partial charge in [-0.15, -0.1) is 0 Å². The van der Waals surface area contributed by atoms with E-state index in [-0.39, 0.29) is 12.2 Å². The number of hydrogen-bond acceptors (Lipinski definition) is 6. The van der Waals surface area contributed by atoms with Crippen molar-refractivity contribution in [2.45, 2.75) is 59.8 Å². The Morgan fingerprint density at radius 3 is 2.30 bits per heavy atom. The predicted octanol–water partition coefficient (Wildman–Crippen LogP) is 5.83. The molecule has 0 unspecified atom stereocenters. The Hall–Kier alpha value is -3.09. The summed E-state index contributed by atoms with van der Waals surface area (Å²) < 4.78 is 18.0. The summed E-state index contributed by atoms with van der Waals surface area (Å²) in [6.45, 7) is 12.5. The SMILES string of the molecule is CCCCOC(=O)OCO/C(=C(/C=NC)c1ccc(C(C)(C)C)cc1)c1c(C)c(C)nn1C. The first-order chi connectivity index (χ1) is 15.6. The van der Waals surface area contributed by atoms with Crippen LogP contribution < -0.4 is 0 Å². The first-order valence-electron chi connectivity index (χ1n) is 11.3. The summed E-state index contributed by atoms with van der Waals surface area (Å²) in [7, 11) is 3.58. The molecule has 0 N–H and O–H groups in total. The lowest BCUT2D eigenvalue weighted by molar-refractivity contribution is -0.00599. The maximum absolute atomic E-state index is 11.9. The van der Waals surface area contributed by atoms with E-state index >= 15 is 0 Å². The summed E-state index contributed by atoms with van der Waals surface area (Å²) in [5.41, 5.74) is 5.65. The van der Waals surface area contributed by atoms with Gasteiger partial charge in [-0.25, -0.2) is 4.79 Å². The number of hydrogen-bond donors (Lipinski definition) is 0. The van der Waals surface area contributed by atoms with Crippen molar-refractivity contribution in [3.63, 3.8) is 0 Å². The van der Waals surface area contributed by atoms with Gasteiger partial charge in [0.2, 0.25) is 6.79 Å². The molecule has 2 rings (SSSR count). The monoisotopic (exact) mass is 455 g/mol.